The number of nitrogens with zero attached hydrogens (tertiary/aromatic N) is 1. The van der Waals surface area contributed by atoms with Gasteiger partial charge in [-0.25, -0.2) is 4.79 Å². The number of carbonyl (C=O) groups excluding carboxylic acids is 1. The molecule has 1 aromatic heterocycles. The second-order valence-corrected chi connectivity index (χ2v) is 6.13. The first kappa shape index (κ1) is 17.3. The number of carbonyl (C=O) groups is 1. The van der Waals surface area contributed by atoms with E-state index in [4.69, 9.17) is 4.74 Å². The molecule has 0 saturated carbocycles. The lowest BCUT2D eigenvalue weighted by Gasteiger charge is -2.17. The molecule has 0 aliphatic heterocycles. The minimum Gasteiger partial charge on any atom is -0.467 e. The third-order valence-corrected chi connectivity index (χ3v) is 4.47. The van der Waals surface area contributed by atoms with Gasteiger partial charge in [-0.05, 0) is 35.3 Å². The Morgan fingerprint density at radius 3 is 2.65 bits per heavy atom. The molecule has 120 valence electrons. The second kappa shape index (κ2) is 7.99. The van der Waals surface area contributed by atoms with Crippen molar-refractivity contribution in [1.82, 2.24) is 4.37 Å². The number of hydrogen-bond acceptors (Lipinski definition) is 6. The van der Waals surface area contributed by atoms with E-state index in [0.717, 1.165) is 20.9 Å². The number of nitrogens with one attached hydrogen (secondary N) is 1. The third kappa shape index (κ3) is 4.24. The topological polar surface area (TPSA) is 51.2 Å². The molecule has 2 aromatic rings. The van der Waals surface area contributed by atoms with E-state index in [2.05, 4.69) is 35.5 Å². The molecule has 1 aromatic carbocycles. The number of benzene rings is 1. The van der Waals surface area contributed by atoms with E-state index >= 15 is 0 Å². The minimum absolute atomic E-state index is 0.344. The maximum atomic E-state index is 12.1. The summed E-state index contributed by atoms with van der Waals surface area (Å²) >= 11 is 5.57. The number of methoxy groups -OCH3 is 1. The number of rotatable bonds is 7. The first-order valence-electron chi connectivity index (χ1n) is 6.95. The predicted molar refractivity (Wildman–Crippen MR) is 99.1 cm³/mol. The molecular formula is C17H18N2O2S2. The van der Waals surface area contributed by atoms with E-state index < -0.39 is 6.04 Å². The van der Waals surface area contributed by atoms with E-state index in [1.807, 2.05) is 24.3 Å². The third-order valence-electron chi connectivity index (χ3n) is 3.32. The van der Waals surface area contributed by atoms with Crippen LogP contribution in [0.2, 0.25) is 0 Å². The molecule has 0 aliphatic rings. The van der Waals surface area contributed by atoms with Crippen molar-refractivity contribution in [2.75, 3.05) is 12.4 Å². The van der Waals surface area contributed by atoms with Gasteiger partial charge in [-0.15, -0.1) is 12.6 Å². The fraction of sp³-hybridized carbons (Fsp3) is 0.176. The van der Waals surface area contributed by atoms with Crippen LogP contribution in [0, 0.1) is 0 Å². The monoisotopic (exact) mass is 346 g/mol. The quantitative estimate of drug-likeness (QED) is 0.589. The van der Waals surface area contributed by atoms with Crippen LogP contribution in [0.15, 0.2) is 42.3 Å². The van der Waals surface area contributed by atoms with Gasteiger partial charge in [0.1, 0.15) is 11.9 Å². The molecule has 4 nitrogen and oxygen atoms in total. The van der Waals surface area contributed by atoms with Gasteiger partial charge in [0.25, 0.3) is 0 Å². The average molecular weight is 346 g/mol. The predicted octanol–water partition coefficient (Wildman–Crippen LogP) is 3.91. The normalized spacial score (nSPS) is 11.6. The lowest BCUT2D eigenvalue weighted by Crippen LogP contribution is -2.33. The Morgan fingerprint density at radius 1 is 1.39 bits per heavy atom. The highest BCUT2D eigenvalue weighted by molar-refractivity contribution is 7.80. The van der Waals surface area contributed by atoms with Crippen LogP contribution in [-0.2, 0) is 16.0 Å². The summed E-state index contributed by atoms with van der Waals surface area (Å²) in [6, 6.07) is 7.11. The van der Waals surface area contributed by atoms with Crippen LogP contribution in [0.1, 0.15) is 16.0 Å². The molecule has 1 atom stereocenters. The smallest absolute Gasteiger partial charge is 0.328 e. The fourth-order valence-electron chi connectivity index (χ4n) is 2.13. The molecule has 23 heavy (non-hydrogen) atoms. The van der Waals surface area contributed by atoms with E-state index in [1.54, 1.807) is 12.2 Å². The summed E-state index contributed by atoms with van der Waals surface area (Å²) < 4.78 is 9.24. The Hall–Kier alpha value is -2.05. The van der Waals surface area contributed by atoms with Crippen molar-refractivity contribution >= 4 is 48.1 Å². The number of anilines is 1. The van der Waals surface area contributed by atoms with Gasteiger partial charge in [-0.2, -0.15) is 4.37 Å². The van der Waals surface area contributed by atoms with Crippen LogP contribution in [0.3, 0.4) is 0 Å². The Labute approximate surface area is 145 Å². The number of hydrogen-bond donors (Lipinski definition) is 2. The van der Waals surface area contributed by atoms with Crippen LogP contribution in [0.5, 0.6) is 0 Å². The van der Waals surface area contributed by atoms with E-state index in [-0.39, 0.29) is 5.97 Å². The molecule has 0 spiro atoms. The summed E-state index contributed by atoms with van der Waals surface area (Å²) in [5, 5.41) is 3.15. The van der Waals surface area contributed by atoms with E-state index in [1.165, 1.54) is 18.6 Å². The molecule has 2 rings (SSSR count). The molecule has 1 heterocycles. The Kier molecular flexibility index (Phi) is 6.01. The lowest BCUT2D eigenvalue weighted by molar-refractivity contribution is -0.141. The van der Waals surface area contributed by atoms with Gasteiger partial charge in [0.05, 0.1) is 12.0 Å². The van der Waals surface area contributed by atoms with Gasteiger partial charge in [-0.3, -0.25) is 0 Å². The first-order chi connectivity index (χ1) is 11.1. The van der Waals surface area contributed by atoms with Gasteiger partial charge >= 0.3 is 5.97 Å². The zero-order valence-corrected chi connectivity index (χ0v) is 14.5. The van der Waals surface area contributed by atoms with Crippen LogP contribution < -0.4 is 5.32 Å². The maximum Gasteiger partial charge on any atom is 0.328 e. The van der Waals surface area contributed by atoms with Gasteiger partial charge in [-0.1, -0.05) is 31.4 Å². The Morgan fingerprint density at radius 2 is 2.09 bits per heavy atom. The minimum atomic E-state index is -0.538. The summed E-state index contributed by atoms with van der Waals surface area (Å²) in [6.07, 6.45) is 3.91. The number of thiol groups is 1. The van der Waals surface area contributed by atoms with Gasteiger partial charge in [0.2, 0.25) is 0 Å². The Balaban J connectivity index is 2.24. The maximum absolute atomic E-state index is 12.1. The Bertz CT molecular complexity index is 708. The highest BCUT2D eigenvalue weighted by atomic mass is 32.1. The van der Waals surface area contributed by atoms with Crippen LogP contribution in [-0.4, -0.2) is 23.5 Å². The largest absolute Gasteiger partial charge is 0.467 e. The highest BCUT2D eigenvalue weighted by Gasteiger charge is 2.22. The van der Waals surface area contributed by atoms with Crippen molar-refractivity contribution in [1.29, 1.82) is 0 Å². The van der Waals surface area contributed by atoms with Crippen molar-refractivity contribution in [3.8, 4) is 0 Å². The van der Waals surface area contributed by atoms with E-state index in [9.17, 15) is 4.79 Å². The van der Waals surface area contributed by atoms with Crippen molar-refractivity contribution in [3.05, 3.63) is 53.4 Å². The molecule has 0 amide bonds. The molecule has 0 saturated heterocycles. The molecule has 1 N–H and O–H groups in total. The second-order valence-electron chi connectivity index (χ2n) is 4.81. The summed E-state index contributed by atoms with van der Waals surface area (Å²) in [7, 11) is 1.37. The van der Waals surface area contributed by atoms with Crippen molar-refractivity contribution in [2.24, 2.45) is 0 Å². The van der Waals surface area contributed by atoms with Gasteiger partial charge < -0.3 is 10.1 Å². The zero-order valence-electron chi connectivity index (χ0n) is 12.8. The van der Waals surface area contributed by atoms with E-state index in [0.29, 0.717) is 12.2 Å². The molecule has 6 heteroatoms. The molecule has 0 bridgehead atoms. The fourth-order valence-corrected chi connectivity index (χ4v) is 2.97. The molecule has 0 unspecified atom stereocenters. The SMILES string of the molecule is C=Cc1snc(N[C@@H](Cc2ccc(S)cc2)C(=O)OC)c1C=C. The lowest BCUT2D eigenvalue weighted by atomic mass is 10.1. The summed E-state index contributed by atoms with van der Waals surface area (Å²) in [4.78, 5) is 13.9. The summed E-state index contributed by atoms with van der Waals surface area (Å²) in [5.74, 6) is 0.268. The van der Waals surface area contributed by atoms with Gasteiger partial charge in [0, 0.05) is 16.9 Å². The van der Waals surface area contributed by atoms with Crippen molar-refractivity contribution in [3.63, 3.8) is 0 Å². The molecular weight excluding hydrogens is 328 g/mol. The summed E-state index contributed by atoms with van der Waals surface area (Å²) in [5.41, 5.74) is 1.84. The van der Waals surface area contributed by atoms with Crippen LogP contribution >= 0.6 is 24.2 Å². The highest BCUT2D eigenvalue weighted by Crippen LogP contribution is 2.26. The first-order valence-corrected chi connectivity index (χ1v) is 8.18. The standard InChI is InChI=1S/C17H18N2O2S2/c1-4-13-15(5-2)23-19-16(13)18-14(17(20)21-3)10-11-6-8-12(22)9-7-11/h4-9,14,22H,1-2,10H2,3H3,(H,18,19)/t14-/m0/s1. The number of ether oxygens (including phenoxy) is 1. The summed E-state index contributed by atoms with van der Waals surface area (Å²) in [6.45, 7) is 7.55. The molecule has 0 radical (unpaired) electrons. The van der Waals surface area contributed by atoms with Crippen molar-refractivity contribution < 1.29 is 9.53 Å². The van der Waals surface area contributed by atoms with Crippen molar-refractivity contribution in [2.45, 2.75) is 17.4 Å². The van der Waals surface area contributed by atoms with Gasteiger partial charge in [0.15, 0.2) is 0 Å². The van der Waals surface area contributed by atoms with Crippen LogP contribution in [0.25, 0.3) is 12.2 Å². The van der Waals surface area contributed by atoms with Crippen LogP contribution in [0.4, 0.5) is 5.82 Å². The molecule has 0 aliphatic carbocycles. The number of esters is 1. The molecule has 0 fully saturated rings. The zero-order chi connectivity index (χ0) is 16.8. The number of aromatic nitrogens is 1. The average Bonchev–Trinajstić information content (AvgIpc) is 2.97.